The number of hydrogen-bond donors (Lipinski definition) is 2. The maximum atomic E-state index is 12.6. The average molecular weight is 308 g/mol. The van der Waals surface area contributed by atoms with Gasteiger partial charge in [-0.1, -0.05) is 30.7 Å². The van der Waals surface area contributed by atoms with Gasteiger partial charge in [0.15, 0.2) is 0 Å². The van der Waals surface area contributed by atoms with E-state index in [4.69, 9.17) is 11.6 Å². The second kappa shape index (κ2) is 6.63. The molecule has 1 amide bonds. The molecule has 0 spiro atoms. The Bertz CT molecular complexity index is 677. The number of carbonyl (C=O) groups excluding carboxylic acids is 1. The number of amides is 1. The summed E-state index contributed by atoms with van der Waals surface area (Å²) in [6, 6.07) is 7.47. The summed E-state index contributed by atoms with van der Waals surface area (Å²) in [4.78, 5) is 30.4. The summed E-state index contributed by atoms with van der Waals surface area (Å²) in [6.07, 6.45) is 2.22. The molecular formula is C15H18ClN3O2. The molecule has 0 bridgehead atoms. The Hall–Kier alpha value is -2.01. The van der Waals surface area contributed by atoms with Crippen LogP contribution in [0.25, 0.3) is 0 Å². The van der Waals surface area contributed by atoms with Gasteiger partial charge in [0.1, 0.15) is 5.69 Å². The molecule has 1 atom stereocenters. The Balaban J connectivity index is 2.26. The van der Waals surface area contributed by atoms with Crippen molar-refractivity contribution in [1.82, 2.24) is 14.9 Å². The highest BCUT2D eigenvalue weighted by Crippen LogP contribution is 2.16. The Morgan fingerprint density at radius 1 is 1.43 bits per heavy atom. The predicted molar refractivity (Wildman–Crippen MR) is 82.5 cm³/mol. The van der Waals surface area contributed by atoms with Gasteiger partial charge < -0.3 is 14.9 Å². The smallest absolute Gasteiger partial charge is 0.323 e. The molecule has 6 heteroatoms. The van der Waals surface area contributed by atoms with Crippen molar-refractivity contribution in [2.24, 2.45) is 0 Å². The number of imidazole rings is 1. The minimum Gasteiger partial charge on any atom is -0.330 e. The van der Waals surface area contributed by atoms with E-state index in [1.165, 1.54) is 6.20 Å². The van der Waals surface area contributed by atoms with Crippen LogP contribution in [0.5, 0.6) is 0 Å². The lowest BCUT2D eigenvalue weighted by atomic mass is 10.1. The quantitative estimate of drug-likeness (QED) is 0.892. The van der Waals surface area contributed by atoms with Gasteiger partial charge in [-0.3, -0.25) is 4.79 Å². The third-order valence-corrected chi connectivity index (χ3v) is 3.69. The van der Waals surface area contributed by atoms with Gasteiger partial charge in [-0.15, -0.1) is 0 Å². The number of aromatic nitrogens is 2. The first-order valence-corrected chi connectivity index (χ1v) is 7.22. The van der Waals surface area contributed by atoms with Crippen molar-refractivity contribution in [2.45, 2.75) is 32.9 Å². The lowest BCUT2D eigenvalue weighted by molar-refractivity contribution is 0.0666. The first-order valence-electron chi connectivity index (χ1n) is 6.84. The molecule has 0 fully saturated rings. The summed E-state index contributed by atoms with van der Waals surface area (Å²) in [5, 5.41) is 0.638. The standard InChI is InChI=1S/C15H18ClN3O2/c1-3-10(2)19(9-11-5-4-6-12(16)7-11)14(20)13-8-17-15(21)18-13/h4-8,10H,3,9H2,1-2H3,(H2,17,18,21). The number of hydrogen-bond acceptors (Lipinski definition) is 2. The monoisotopic (exact) mass is 307 g/mol. The average Bonchev–Trinajstić information content (AvgIpc) is 2.90. The van der Waals surface area contributed by atoms with Crippen molar-refractivity contribution in [3.05, 3.63) is 57.2 Å². The van der Waals surface area contributed by atoms with Gasteiger partial charge in [-0.25, -0.2) is 4.79 Å². The zero-order chi connectivity index (χ0) is 15.4. The lowest BCUT2D eigenvalue weighted by Gasteiger charge is -2.28. The summed E-state index contributed by atoms with van der Waals surface area (Å²) in [5.74, 6) is -0.206. The molecule has 1 aromatic carbocycles. The molecule has 0 aliphatic carbocycles. The highest BCUT2D eigenvalue weighted by atomic mass is 35.5. The van der Waals surface area contributed by atoms with Gasteiger partial charge in [-0.05, 0) is 31.0 Å². The normalized spacial score (nSPS) is 12.1. The summed E-state index contributed by atoms with van der Waals surface area (Å²) in [6.45, 7) is 4.44. The van der Waals surface area contributed by atoms with Crippen LogP contribution >= 0.6 is 11.6 Å². The first-order chi connectivity index (χ1) is 10.0. The van der Waals surface area contributed by atoms with Crippen LogP contribution < -0.4 is 5.69 Å². The van der Waals surface area contributed by atoms with E-state index in [0.717, 1.165) is 12.0 Å². The maximum Gasteiger partial charge on any atom is 0.323 e. The van der Waals surface area contributed by atoms with E-state index < -0.39 is 0 Å². The van der Waals surface area contributed by atoms with Crippen molar-refractivity contribution in [3.8, 4) is 0 Å². The van der Waals surface area contributed by atoms with Gasteiger partial charge in [-0.2, -0.15) is 0 Å². The van der Waals surface area contributed by atoms with Crippen LogP contribution in [0.3, 0.4) is 0 Å². The minimum atomic E-state index is -0.384. The summed E-state index contributed by atoms with van der Waals surface area (Å²) in [5.41, 5.74) is 0.835. The van der Waals surface area contributed by atoms with Crippen molar-refractivity contribution < 1.29 is 4.79 Å². The molecule has 112 valence electrons. The van der Waals surface area contributed by atoms with Crippen molar-refractivity contribution >= 4 is 17.5 Å². The molecule has 2 N–H and O–H groups in total. The number of nitrogens with one attached hydrogen (secondary N) is 2. The number of rotatable bonds is 5. The second-order valence-corrected chi connectivity index (χ2v) is 5.41. The van der Waals surface area contributed by atoms with Crippen molar-refractivity contribution in [3.63, 3.8) is 0 Å². The van der Waals surface area contributed by atoms with Crippen molar-refractivity contribution in [1.29, 1.82) is 0 Å². The highest BCUT2D eigenvalue weighted by Gasteiger charge is 2.22. The minimum absolute atomic E-state index is 0.0508. The number of H-pyrrole nitrogens is 2. The van der Waals surface area contributed by atoms with E-state index in [9.17, 15) is 9.59 Å². The van der Waals surface area contributed by atoms with E-state index in [-0.39, 0.29) is 23.3 Å². The zero-order valence-electron chi connectivity index (χ0n) is 12.0. The van der Waals surface area contributed by atoms with Crippen LogP contribution in [-0.4, -0.2) is 26.8 Å². The first kappa shape index (κ1) is 15.4. The Morgan fingerprint density at radius 3 is 2.76 bits per heavy atom. The van der Waals surface area contributed by atoms with E-state index in [0.29, 0.717) is 11.6 Å². The highest BCUT2D eigenvalue weighted by molar-refractivity contribution is 6.30. The molecule has 1 unspecified atom stereocenters. The molecule has 0 aliphatic rings. The van der Waals surface area contributed by atoms with Gasteiger partial charge >= 0.3 is 5.69 Å². The molecule has 0 saturated carbocycles. The number of halogens is 1. The van der Waals surface area contributed by atoms with E-state index in [1.54, 1.807) is 11.0 Å². The van der Waals surface area contributed by atoms with Gasteiger partial charge in [0.05, 0.1) is 0 Å². The molecule has 1 heterocycles. The van der Waals surface area contributed by atoms with Crippen LogP contribution in [0.15, 0.2) is 35.3 Å². The van der Waals surface area contributed by atoms with Gasteiger partial charge in [0.2, 0.25) is 0 Å². The van der Waals surface area contributed by atoms with Crippen LogP contribution in [0, 0.1) is 0 Å². The Morgan fingerprint density at radius 2 is 2.19 bits per heavy atom. The largest absolute Gasteiger partial charge is 0.330 e. The maximum absolute atomic E-state index is 12.6. The SMILES string of the molecule is CCC(C)N(Cc1cccc(Cl)c1)C(=O)c1c[nH]c(=O)[nH]1. The Kier molecular flexibility index (Phi) is 4.85. The number of benzene rings is 1. The third-order valence-electron chi connectivity index (χ3n) is 3.45. The molecule has 0 radical (unpaired) electrons. The molecule has 2 rings (SSSR count). The summed E-state index contributed by atoms with van der Waals surface area (Å²) < 4.78 is 0. The van der Waals surface area contributed by atoms with Crippen molar-refractivity contribution in [2.75, 3.05) is 0 Å². The van der Waals surface area contributed by atoms with E-state index in [2.05, 4.69) is 9.97 Å². The van der Waals surface area contributed by atoms with Gasteiger partial charge in [0, 0.05) is 23.8 Å². The van der Waals surface area contributed by atoms with Crippen LogP contribution in [0.1, 0.15) is 36.3 Å². The van der Waals surface area contributed by atoms with Gasteiger partial charge in [0.25, 0.3) is 5.91 Å². The van der Waals surface area contributed by atoms with Crippen LogP contribution in [0.4, 0.5) is 0 Å². The zero-order valence-corrected chi connectivity index (χ0v) is 12.8. The fourth-order valence-corrected chi connectivity index (χ4v) is 2.30. The number of carbonyl (C=O) groups is 1. The number of nitrogens with zero attached hydrogens (tertiary/aromatic N) is 1. The summed E-state index contributed by atoms with van der Waals surface area (Å²) in [7, 11) is 0. The fraction of sp³-hybridized carbons (Fsp3) is 0.333. The molecule has 2 aromatic rings. The molecule has 5 nitrogen and oxygen atoms in total. The third kappa shape index (κ3) is 3.76. The molecule has 1 aromatic heterocycles. The molecular weight excluding hydrogens is 290 g/mol. The van der Waals surface area contributed by atoms with Crippen LogP contribution in [-0.2, 0) is 6.54 Å². The predicted octanol–water partition coefficient (Wildman–Crippen LogP) is 2.80. The topological polar surface area (TPSA) is 69.0 Å². The molecule has 21 heavy (non-hydrogen) atoms. The lowest BCUT2D eigenvalue weighted by Crippen LogP contribution is -2.38. The molecule has 0 saturated heterocycles. The van der Waals surface area contributed by atoms with E-state index in [1.807, 2.05) is 32.0 Å². The fourth-order valence-electron chi connectivity index (χ4n) is 2.08. The summed E-state index contributed by atoms with van der Waals surface area (Å²) >= 11 is 5.99. The Labute approximate surface area is 127 Å². The number of aromatic amines is 2. The van der Waals surface area contributed by atoms with E-state index >= 15 is 0 Å². The van der Waals surface area contributed by atoms with Crippen LogP contribution in [0.2, 0.25) is 5.02 Å². The molecule has 0 aliphatic heterocycles. The second-order valence-electron chi connectivity index (χ2n) is 4.98.